The van der Waals surface area contributed by atoms with Crippen LogP contribution in [0, 0.1) is 0 Å². The Balaban J connectivity index is 0.00000245. The highest BCUT2D eigenvalue weighted by Crippen LogP contribution is 2.24. The molecule has 166 valence electrons. The molecule has 0 aliphatic carbocycles. The number of piperidine rings is 1. The number of fused-ring (bicyclic) bond motifs is 2. The molecule has 0 unspecified atom stereocenters. The lowest BCUT2D eigenvalue weighted by Gasteiger charge is -2.26. The highest BCUT2D eigenvalue weighted by atomic mass is 127. The number of nitrogens with one attached hydrogen (secondary N) is 2. The third-order valence-electron chi connectivity index (χ3n) is 6.48. The highest BCUT2D eigenvalue weighted by molar-refractivity contribution is 5.93. The van der Waals surface area contributed by atoms with Crippen LogP contribution in [0.2, 0.25) is 0 Å². The lowest BCUT2D eigenvalue weighted by molar-refractivity contribution is -0.646. The van der Waals surface area contributed by atoms with E-state index in [9.17, 15) is 0 Å². The monoisotopic (exact) mass is 538 g/mol. The molecule has 0 spiro atoms. The van der Waals surface area contributed by atoms with Crippen molar-refractivity contribution in [3.8, 4) is 0 Å². The average molecular weight is 538 g/mol. The highest BCUT2D eigenvalue weighted by Gasteiger charge is 2.15. The van der Waals surface area contributed by atoms with Crippen LogP contribution >= 0.6 is 0 Å². The number of rotatable bonds is 6. The molecule has 1 saturated heterocycles. The second-order valence-electron chi connectivity index (χ2n) is 8.51. The van der Waals surface area contributed by atoms with Crippen LogP contribution < -0.4 is 33.9 Å². The van der Waals surface area contributed by atoms with Crippen LogP contribution in [0.5, 0.6) is 0 Å². The normalized spacial score (nSPS) is 14.8. The van der Waals surface area contributed by atoms with Crippen molar-refractivity contribution in [2.24, 2.45) is 7.05 Å². The average Bonchev–Trinajstić information content (AvgIpc) is 3.24. The molecule has 5 heteroatoms. The molecule has 5 rings (SSSR count). The molecule has 4 aromatic rings. The van der Waals surface area contributed by atoms with E-state index in [0.29, 0.717) is 0 Å². The molecule has 2 aromatic carbocycles. The zero-order chi connectivity index (χ0) is 21.0. The van der Waals surface area contributed by atoms with Crippen LogP contribution in [-0.2, 0) is 7.05 Å². The minimum atomic E-state index is 0. The summed E-state index contributed by atoms with van der Waals surface area (Å²) in [4.78, 5) is 5.95. The van der Waals surface area contributed by atoms with Gasteiger partial charge in [0.25, 0.3) is 0 Å². The van der Waals surface area contributed by atoms with Gasteiger partial charge in [-0.15, -0.1) is 0 Å². The predicted molar refractivity (Wildman–Crippen MR) is 131 cm³/mol. The van der Waals surface area contributed by atoms with E-state index < -0.39 is 0 Å². The van der Waals surface area contributed by atoms with Gasteiger partial charge >= 0.3 is 0 Å². The van der Waals surface area contributed by atoms with Gasteiger partial charge in [-0.2, -0.15) is 4.57 Å². The SMILES string of the molecule is C[n+]1c(/C=C/c2c[nH]c3ccccc23)cc(NCCN2CCCCC2)c2ccccc21.[I-]. The topological polar surface area (TPSA) is 34.9 Å². The molecule has 1 fully saturated rings. The van der Waals surface area contributed by atoms with Crippen molar-refractivity contribution in [2.75, 3.05) is 31.5 Å². The van der Waals surface area contributed by atoms with Crippen LogP contribution in [0.15, 0.2) is 60.8 Å². The quantitative estimate of drug-likeness (QED) is 0.292. The van der Waals surface area contributed by atoms with Gasteiger partial charge in [0.15, 0.2) is 0 Å². The van der Waals surface area contributed by atoms with E-state index in [0.717, 1.165) is 13.1 Å². The number of aryl methyl sites for hydroxylation is 1. The number of aromatic amines is 1. The van der Waals surface area contributed by atoms with Crippen molar-refractivity contribution < 1.29 is 28.5 Å². The number of hydrogen-bond donors (Lipinski definition) is 2. The van der Waals surface area contributed by atoms with Gasteiger partial charge in [-0.05, 0) is 49.7 Å². The molecule has 2 aromatic heterocycles. The molecule has 0 atom stereocenters. The van der Waals surface area contributed by atoms with Gasteiger partial charge in [-0.1, -0.05) is 36.8 Å². The number of halogens is 1. The van der Waals surface area contributed by atoms with Crippen molar-refractivity contribution >= 4 is 39.6 Å². The third-order valence-corrected chi connectivity index (χ3v) is 6.48. The summed E-state index contributed by atoms with van der Waals surface area (Å²) in [5.41, 5.74) is 6.02. The van der Waals surface area contributed by atoms with E-state index in [1.54, 1.807) is 0 Å². The fourth-order valence-electron chi connectivity index (χ4n) is 4.70. The second kappa shape index (κ2) is 10.5. The molecule has 0 amide bonds. The first kappa shape index (κ1) is 22.8. The summed E-state index contributed by atoms with van der Waals surface area (Å²) in [6.45, 7) is 4.56. The summed E-state index contributed by atoms with van der Waals surface area (Å²) in [6.07, 6.45) is 10.6. The first-order valence-electron chi connectivity index (χ1n) is 11.4. The smallest absolute Gasteiger partial charge is 0.214 e. The van der Waals surface area contributed by atoms with Gasteiger partial charge in [0.2, 0.25) is 11.2 Å². The first-order valence-corrected chi connectivity index (χ1v) is 11.4. The Hall–Kier alpha value is -2.38. The number of anilines is 1. The fraction of sp³-hybridized carbons (Fsp3) is 0.296. The van der Waals surface area contributed by atoms with Gasteiger partial charge in [0.1, 0.15) is 7.05 Å². The van der Waals surface area contributed by atoms with Crippen LogP contribution in [0.3, 0.4) is 0 Å². The lowest BCUT2D eigenvalue weighted by atomic mass is 10.1. The fourth-order valence-corrected chi connectivity index (χ4v) is 4.70. The molecule has 0 saturated carbocycles. The van der Waals surface area contributed by atoms with E-state index in [4.69, 9.17) is 0 Å². The third kappa shape index (κ3) is 4.84. The maximum absolute atomic E-state index is 3.73. The van der Waals surface area contributed by atoms with Gasteiger partial charge in [-0.25, -0.2) is 0 Å². The number of para-hydroxylation sites is 2. The van der Waals surface area contributed by atoms with Gasteiger partial charge in [0.05, 0.1) is 11.1 Å². The minimum Gasteiger partial charge on any atom is -1.00 e. The lowest BCUT2D eigenvalue weighted by Crippen LogP contribution is -3.00. The molecule has 1 aliphatic rings. The Morgan fingerprint density at radius 3 is 2.56 bits per heavy atom. The Labute approximate surface area is 207 Å². The summed E-state index contributed by atoms with van der Waals surface area (Å²) in [5, 5.41) is 6.25. The molecule has 2 N–H and O–H groups in total. The van der Waals surface area contributed by atoms with Crippen molar-refractivity contribution in [2.45, 2.75) is 19.3 Å². The van der Waals surface area contributed by atoms with Gasteiger partial charge < -0.3 is 39.2 Å². The first-order chi connectivity index (χ1) is 15.3. The van der Waals surface area contributed by atoms with Crippen molar-refractivity contribution in [1.29, 1.82) is 0 Å². The van der Waals surface area contributed by atoms with E-state index in [-0.39, 0.29) is 24.0 Å². The number of benzene rings is 2. The number of nitrogens with zero attached hydrogens (tertiary/aromatic N) is 2. The van der Waals surface area contributed by atoms with Crippen molar-refractivity contribution in [1.82, 2.24) is 9.88 Å². The summed E-state index contributed by atoms with van der Waals surface area (Å²) >= 11 is 0. The standard InChI is InChI=1S/C27H30N4.HI/c1-30-22(14-13-21-20-29-25-11-5-3-9-23(21)25)19-26(24-10-4-6-12-27(24)30)28-15-18-31-16-7-2-8-17-31;/h3-6,9-14,19-20H,2,7-8,15-18H2,1H3,(H,28,29);1H. The van der Waals surface area contributed by atoms with E-state index in [2.05, 4.69) is 99.8 Å². The molecule has 0 radical (unpaired) electrons. The van der Waals surface area contributed by atoms with Gasteiger partial charge in [0, 0.05) is 48.4 Å². The van der Waals surface area contributed by atoms with Crippen molar-refractivity contribution in [3.63, 3.8) is 0 Å². The maximum Gasteiger partial charge on any atom is 0.214 e. The van der Waals surface area contributed by atoms with Crippen LogP contribution in [0.4, 0.5) is 5.69 Å². The van der Waals surface area contributed by atoms with Gasteiger partial charge in [-0.3, -0.25) is 0 Å². The summed E-state index contributed by atoms with van der Waals surface area (Å²) in [6, 6.07) is 19.4. The molecule has 0 bridgehead atoms. The number of aromatic nitrogens is 2. The Bertz CT molecular complexity index is 1220. The van der Waals surface area contributed by atoms with Crippen LogP contribution in [0.1, 0.15) is 30.5 Å². The number of likely N-dealkylation sites (tertiary alicyclic amines) is 1. The Morgan fingerprint density at radius 2 is 1.72 bits per heavy atom. The van der Waals surface area contributed by atoms with Crippen molar-refractivity contribution in [3.05, 3.63) is 72.1 Å². The molecule has 32 heavy (non-hydrogen) atoms. The number of H-pyrrole nitrogens is 1. The van der Waals surface area contributed by atoms with E-state index in [1.165, 1.54) is 71.1 Å². The Morgan fingerprint density at radius 1 is 0.969 bits per heavy atom. The summed E-state index contributed by atoms with van der Waals surface area (Å²) in [7, 11) is 2.15. The Kier molecular flexibility index (Phi) is 7.48. The largest absolute Gasteiger partial charge is 1.00 e. The zero-order valence-corrected chi connectivity index (χ0v) is 20.8. The van der Waals surface area contributed by atoms with E-state index in [1.807, 2.05) is 0 Å². The second-order valence-corrected chi connectivity index (χ2v) is 8.51. The zero-order valence-electron chi connectivity index (χ0n) is 18.7. The minimum absolute atomic E-state index is 0. The summed E-state index contributed by atoms with van der Waals surface area (Å²) in [5.74, 6) is 0. The maximum atomic E-state index is 3.73. The predicted octanol–water partition coefficient (Wildman–Crippen LogP) is 2.22. The molecular weight excluding hydrogens is 507 g/mol. The van der Waals surface area contributed by atoms with Crippen LogP contribution in [-0.4, -0.2) is 36.1 Å². The molecular formula is C27H31IN4. The summed E-state index contributed by atoms with van der Waals surface area (Å²) < 4.78 is 2.27. The number of hydrogen-bond acceptors (Lipinski definition) is 2. The molecule has 3 heterocycles. The number of pyridine rings is 1. The van der Waals surface area contributed by atoms with Crippen LogP contribution in [0.25, 0.3) is 34.0 Å². The van der Waals surface area contributed by atoms with E-state index >= 15 is 0 Å². The molecule has 4 nitrogen and oxygen atoms in total. The molecule has 1 aliphatic heterocycles.